The monoisotopic (exact) mass is 288 g/mol. The predicted octanol–water partition coefficient (Wildman–Crippen LogP) is 1.15. The van der Waals surface area contributed by atoms with Crippen molar-refractivity contribution in [3.05, 3.63) is 24.1 Å². The third-order valence-electron chi connectivity index (χ3n) is 3.31. The first kappa shape index (κ1) is 14.4. The van der Waals surface area contributed by atoms with Crippen LogP contribution in [0.5, 0.6) is 0 Å². The summed E-state index contributed by atoms with van der Waals surface area (Å²) in [5, 5.41) is 8.49. The van der Waals surface area contributed by atoms with Crippen LogP contribution in [0.15, 0.2) is 23.4 Å². The van der Waals surface area contributed by atoms with Gasteiger partial charge in [0.15, 0.2) is 5.82 Å². The highest BCUT2D eigenvalue weighted by molar-refractivity contribution is 7.89. The highest BCUT2D eigenvalue weighted by atomic mass is 32.2. The van der Waals surface area contributed by atoms with Gasteiger partial charge in [-0.15, -0.1) is 0 Å². The number of nitrogens with zero attached hydrogens (tertiary/aromatic N) is 2. The molecule has 1 saturated heterocycles. The zero-order chi connectivity index (χ0) is 13.9. The molecule has 0 aromatic carbocycles. The maximum absolute atomic E-state index is 13.6. The summed E-state index contributed by atoms with van der Waals surface area (Å²) in [4.78, 5) is 3.65. The molecule has 1 aliphatic heterocycles. The van der Waals surface area contributed by atoms with Crippen molar-refractivity contribution in [2.45, 2.75) is 36.8 Å². The van der Waals surface area contributed by atoms with Gasteiger partial charge in [-0.1, -0.05) is 6.42 Å². The molecule has 0 aliphatic carbocycles. The molecule has 1 aromatic heterocycles. The second kappa shape index (κ2) is 5.94. The summed E-state index contributed by atoms with van der Waals surface area (Å²) in [6.45, 7) is 0.268. The summed E-state index contributed by atoms with van der Waals surface area (Å²) < 4.78 is 39.8. The Kier molecular flexibility index (Phi) is 4.49. The van der Waals surface area contributed by atoms with Gasteiger partial charge in [-0.3, -0.25) is 0 Å². The number of aliphatic hydroxyl groups excluding tert-OH is 1. The lowest BCUT2D eigenvalue weighted by molar-refractivity contribution is 0.192. The zero-order valence-corrected chi connectivity index (χ0v) is 11.3. The summed E-state index contributed by atoms with van der Waals surface area (Å²) in [6.07, 6.45) is 3.99. The molecule has 5 nitrogen and oxygen atoms in total. The first-order chi connectivity index (χ1) is 9.07. The predicted molar refractivity (Wildman–Crippen MR) is 67.4 cm³/mol. The van der Waals surface area contributed by atoms with Gasteiger partial charge in [0.2, 0.25) is 5.03 Å². The Labute approximate surface area is 112 Å². The van der Waals surface area contributed by atoms with E-state index in [1.54, 1.807) is 0 Å². The molecule has 1 unspecified atom stereocenters. The van der Waals surface area contributed by atoms with Crippen LogP contribution in [0.1, 0.15) is 25.7 Å². The van der Waals surface area contributed by atoms with Crippen LogP contribution in [-0.4, -0.2) is 42.0 Å². The summed E-state index contributed by atoms with van der Waals surface area (Å²) in [5.41, 5.74) is 0. The highest BCUT2D eigenvalue weighted by Gasteiger charge is 2.35. The molecular weight excluding hydrogens is 271 g/mol. The van der Waals surface area contributed by atoms with E-state index in [1.807, 2.05) is 0 Å². The summed E-state index contributed by atoms with van der Waals surface area (Å²) in [5.74, 6) is -0.837. The van der Waals surface area contributed by atoms with Crippen LogP contribution in [0.3, 0.4) is 0 Å². The summed E-state index contributed by atoms with van der Waals surface area (Å²) in [7, 11) is -3.93. The first-order valence-electron chi connectivity index (χ1n) is 6.30. The lowest BCUT2D eigenvalue weighted by Gasteiger charge is -2.34. The van der Waals surface area contributed by atoms with Crippen molar-refractivity contribution in [2.75, 3.05) is 13.2 Å². The number of sulfonamides is 1. The van der Waals surface area contributed by atoms with Crippen LogP contribution in [0.25, 0.3) is 0 Å². The number of hydrogen-bond donors (Lipinski definition) is 1. The number of rotatable bonds is 4. The summed E-state index contributed by atoms with van der Waals surface area (Å²) >= 11 is 0. The molecule has 1 atom stereocenters. The van der Waals surface area contributed by atoms with Crippen molar-refractivity contribution >= 4 is 10.0 Å². The van der Waals surface area contributed by atoms with Crippen molar-refractivity contribution in [3.63, 3.8) is 0 Å². The Hall–Kier alpha value is -1.05. The van der Waals surface area contributed by atoms with Crippen molar-refractivity contribution in [2.24, 2.45) is 0 Å². The SMILES string of the molecule is O=S(=O)(c1ncccc1F)N1CCCCC1CCO. The van der Waals surface area contributed by atoms with Crippen LogP contribution in [0.2, 0.25) is 0 Å². The average Bonchev–Trinajstić information content (AvgIpc) is 2.40. The van der Waals surface area contributed by atoms with E-state index >= 15 is 0 Å². The Balaban J connectivity index is 2.35. The van der Waals surface area contributed by atoms with Crippen molar-refractivity contribution in [1.82, 2.24) is 9.29 Å². The van der Waals surface area contributed by atoms with E-state index in [4.69, 9.17) is 5.11 Å². The van der Waals surface area contributed by atoms with Gasteiger partial charge in [0.1, 0.15) is 0 Å². The Morgan fingerprint density at radius 2 is 2.26 bits per heavy atom. The smallest absolute Gasteiger partial charge is 0.263 e. The molecule has 2 rings (SSSR count). The lowest BCUT2D eigenvalue weighted by atomic mass is 10.0. The number of aliphatic hydroxyl groups is 1. The first-order valence-corrected chi connectivity index (χ1v) is 7.74. The molecule has 1 fully saturated rings. The van der Waals surface area contributed by atoms with Gasteiger partial charge < -0.3 is 5.11 Å². The number of piperidine rings is 1. The summed E-state index contributed by atoms with van der Waals surface area (Å²) in [6, 6.07) is 2.17. The van der Waals surface area contributed by atoms with E-state index in [9.17, 15) is 12.8 Å². The topological polar surface area (TPSA) is 70.5 Å². The largest absolute Gasteiger partial charge is 0.396 e. The van der Waals surface area contributed by atoms with E-state index < -0.39 is 20.9 Å². The second-order valence-electron chi connectivity index (χ2n) is 4.57. The average molecular weight is 288 g/mol. The third-order valence-corrected chi connectivity index (χ3v) is 5.20. The molecule has 0 radical (unpaired) electrons. The fraction of sp³-hybridized carbons (Fsp3) is 0.583. The number of pyridine rings is 1. The minimum Gasteiger partial charge on any atom is -0.396 e. The molecule has 0 bridgehead atoms. The quantitative estimate of drug-likeness (QED) is 0.902. The molecule has 1 N–H and O–H groups in total. The normalized spacial score (nSPS) is 21.5. The van der Waals surface area contributed by atoms with E-state index in [0.29, 0.717) is 19.4 Å². The minimum absolute atomic E-state index is 0.0820. The second-order valence-corrected chi connectivity index (χ2v) is 6.37. The molecule has 0 spiro atoms. The van der Waals surface area contributed by atoms with Crippen LogP contribution in [0, 0.1) is 5.82 Å². The van der Waals surface area contributed by atoms with Crippen molar-refractivity contribution in [3.8, 4) is 0 Å². The molecule has 0 amide bonds. The molecule has 2 heterocycles. The van der Waals surface area contributed by atoms with Crippen molar-refractivity contribution in [1.29, 1.82) is 0 Å². The molecule has 19 heavy (non-hydrogen) atoms. The van der Waals surface area contributed by atoms with Gasteiger partial charge in [0.25, 0.3) is 10.0 Å². The maximum atomic E-state index is 13.6. The molecule has 7 heteroatoms. The molecule has 0 saturated carbocycles. The molecule has 106 valence electrons. The van der Waals surface area contributed by atoms with E-state index in [2.05, 4.69) is 4.98 Å². The Morgan fingerprint density at radius 1 is 1.47 bits per heavy atom. The van der Waals surface area contributed by atoms with Crippen LogP contribution < -0.4 is 0 Å². The Morgan fingerprint density at radius 3 is 2.95 bits per heavy atom. The zero-order valence-electron chi connectivity index (χ0n) is 10.5. The fourth-order valence-electron chi connectivity index (χ4n) is 2.40. The fourth-order valence-corrected chi connectivity index (χ4v) is 4.10. The third kappa shape index (κ3) is 2.93. The van der Waals surface area contributed by atoms with Gasteiger partial charge in [0.05, 0.1) is 0 Å². The molecule has 1 aliphatic rings. The van der Waals surface area contributed by atoms with Gasteiger partial charge in [-0.2, -0.15) is 4.31 Å². The number of hydrogen-bond acceptors (Lipinski definition) is 4. The van der Waals surface area contributed by atoms with Gasteiger partial charge >= 0.3 is 0 Å². The van der Waals surface area contributed by atoms with Crippen LogP contribution in [0.4, 0.5) is 4.39 Å². The molecular formula is C12H17FN2O3S. The lowest BCUT2D eigenvalue weighted by Crippen LogP contribution is -2.44. The van der Waals surface area contributed by atoms with E-state index in [0.717, 1.165) is 18.9 Å². The van der Waals surface area contributed by atoms with E-state index in [-0.39, 0.29) is 12.6 Å². The van der Waals surface area contributed by atoms with Gasteiger partial charge in [-0.05, 0) is 31.4 Å². The van der Waals surface area contributed by atoms with Crippen LogP contribution >= 0.6 is 0 Å². The van der Waals surface area contributed by atoms with Gasteiger partial charge in [0, 0.05) is 25.4 Å². The minimum atomic E-state index is -3.93. The Bertz CT molecular complexity index is 534. The van der Waals surface area contributed by atoms with E-state index in [1.165, 1.54) is 16.6 Å². The standard InChI is InChI=1S/C12H17FN2O3S/c13-11-5-3-7-14-12(11)19(17,18)15-8-2-1-4-10(15)6-9-16/h3,5,7,10,16H,1-2,4,6,8-9H2. The highest BCUT2D eigenvalue weighted by Crippen LogP contribution is 2.26. The number of aromatic nitrogens is 1. The van der Waals surface area contributed by atoms with Crippen LogP contribution in [-0.2, 0) is 10.0 Å². The molecule has 1 aromatic rings. The maximum Gasteiger partial charge on any atom is 0.263 e. The van der Waals surface area contributed by atoms with Crippen molar-refractivity contribution < 1.29 is 17.9 Å². The number of halogens is 1. The van der Waals surface area contributed by atoms with Gasteiger partial charge in [-0.25, -0.2) is 17.8 Å².